The molecule has 0 radical (unpaired) electrons. The van der Waals surface area contributed by atoms with Gasteiger partial charge in [0, 0.05) is 44.4 Å². The lowest BCUT2D eigenvalue weighted by molar-refractivity contribution is -0.129. The van der Waals surface area contributed by atoms with Crippen molar-refractivity contribution >= 4 is 17.2 Å². The smallest absolute Gasteiger partial charge is 0.220 e. The third kappa shape index (κ3) is 3.38. The minimum Gasteiger partial charge on any atom is -0.460 e. The molecule has 2 aromatic rings. The number of fused-ring (bicyclic) bond motifs is 1. The van der Waals surface area contributed by atoms with Crippen LogP contribution in [0.1, 0.15) is 18.6 Å². The van der Waals surface area contributed by atoms with E-state index in [1.165, 1.54) is 0 Å². The monoisotopic (exact) mass is 361 g/mol. The van der Waals surface area contributed by atoms with Crippen molar-refractivity contribution in [2.75, 3.05) is 20.3 Å². The van der Waals surface area contributed by atoms with Crippen molar-refractivity contribution in [2.45, 2.75) is 31.4 Å². The predicted octanol–water partition coefficient (Wildman–Crippen LogP) is 3.11. The molecular formula is C19H23NO4S. The number of methoxy groups -OCH3 is 1. The van der Waals surface area contributed by atoms with E-state index in [1.54, 1.807) is 18.4 Å². The highest BCUT2D eigenvalue weighted by molar-refractivity contribution is 7.13. The minimum atomic E-state index is 0.0746. The molecule has 0 bridgehead atoms. The van der Waals surface area contributed by atoms with Gasteiger partial charge in [0.2, 0.25) is 5.91 Å². The SMILES string of the molecule is COC[C@H]1[C@@H](NC(=O)CCc2ccc(-c3cccs3)o2)[C@@H]2CCO[C@@H]21. The molecule has 1 aliphatic carbocycles. The van der Waals surface area contributed by atoms with Gasteiger partial charge in [0.15, 0.2) is 0 Å². The number of aryl methyl sites for hydroxylation is 1. The summed E-state index contributed by atoms with van der Waals surface area (Å²) >= 11 is 1.65. The van der Waals surface area contributed by atoms with Gasteiger partial charge in [0.1, 0.15) is 11.5 Å². The molecule has 4 atom stereocenters. The molecule has 25 heavy (non-hydrogen) atoms. The van der Waals surface area contributed by atoms with Crippen LogP contribution in [0, 0.1) is 11.8 Å². The first kappa shape index (κ1) is 16.8. The van der Waals surface area contributed by atoms with Gasteiger partial charge in [-0.15, -0.1) is 11.3 Å². The minimum absolute atomic E-state index is 0.0746. The van der Waals surface area contributed by atoms with Gasteiger partial charge in [-0.05, 0) is 30.0 Å². The number of carbonyl (C=O) groups excluding carboxylic acids is 1. The van der Waals surface area contributed by atoms with Gasteiger partial charge in [-0.1, -0.05) is 6.07 Å². The zero-order chi connectivity index (χ0) is 17.2. The van der Waals surface area contributed by atoms with Crippen molar-refractivity contribution < 1.29 is 18.7 Å². The first-order valence-corrected chi connectivity index (χ1v) is 9.66. The highest BCUT2D eigenvalue weighted by Crippen LogP contribution is 2.43. The molecule has 2 aliphatic rings. The number of thiophene rings is 1. The van der Waals surface area contributed by atoms with Gasteiger partial charge >= 0.3 is 0 Å². The van der Waals surface area contributed by atoms with Crippen molar-refractivity contribution in [1.29, 1.82) is 0 Å². The molecule has 1 N–H and O–H groups in total. The summed E-state index contributed by atoms with van der Waals surface area (Å²) in [5, 5.41) is 5.22. The van der Waals surface area contributed by atoms with E-state index in [9.17, 15) is 4.79 Å². The van der Waals surface area contributed by atoms with Crippen molar-refractivity contribution in [3.05, 3.63) is 35.4 Å². The molecule has 0 aromatic carbocycles. The van der Waals surface area contributed by atoms with E-state index in [1.807, 2.05) is 29.6 Å². The lowest BCUT2D eigenvalue weighted by atomic mass is 9.67. The van der Waals surface area contributed by atoms with Gasteiger partial charge in [0.05, 0.1) is 17.6 Å². The normalized spacial score (nSPS) is 27.7. The molecule has 5 nitrogen and oxygen atoms in total. The van der Waals surface area contributed by atoms with Crippen LogP contribution < -0.4 is 5.32 Å². The topological polar surface area (TPSA) is 60.7 Å². The van der Waals surface area contributed by atoms with E-state index in [-0.39, 0.29) is 24.0 Å². The summed E-state index contributed by atoms with van der Waals surface area (Å²) in [6.45, 7) is 1.42. The summed E-state index contributed by atoms with van der Waals surface area (Å²) in [6.07, 6.45) is 2.33. The Bertz CT molecular complexity index is 711. The molecule has 4 rings (SSSR count). The van der Waals surface area contributed by atoms with E-state index in [2.05, 4.69) is 5.32 Å². The van der Waals surface area contributed by atoms with Crippen LogP contribution >= 0.6 is 11.3 Å². The maximum Gasteiger partial charge on any atom is 0.220 e. The van der Waals surface area contributed by atoms with Crippen LogP contribution in [0.2, 0.25) is 0 Å². The van der Waals surface area contributed by atoms with Crippen molar-refractivity contribution in [1.82, 2.24) is 5.32 Å². The molecule has 0 spiro atoms. The van der Waals surface area contributed by atoms with Gasteiger partial charge in [-0.25, -0.2) is 0 Å². The lowest BCUT2D eigenvalue weighted by Crippen LogP contribution is -2.62. The quantitative estimate of drug-likeness (QED) is 0.823. The largest absolute Gasteiger partial charge is 0.460 e. The Kier molecular flexibility index (Phi) is 4.92. The number of nitrogens with one attached hydrogen (secondary N) is 1. The second kappa shape index (κ2) is 7.32. The Balaban J connectivity index is 1.29. The summed E-state index contributed by atoms with van der Waals surface area (Å²) in [7, 11) is 1.70. The number of furan rings is 1. The highest BCUT2D eigenvalue weighted by atomic mass is 32.1. The number of rotatable bonds is 7. The molecular weight excluding hydrogens is 338 g/mol. The maximum absolute atomic E-state index is 12.4. The highest BCUT2D eigenvalue weighted by Gasteiger charge is 2.54. The summed E-state index contributed by atoms with van der Waals surface area (Å²) in [6, 6.07) is 8.15. The fraction of sp³-hybridized carbons (Fsp3) is 0.526. The lowest BCUT2D eigenvalue weighted by Gasteiger charge is -2.47. The Morgan fingerprint density at radius 2 is 2.32 bits per heavy atom. The summed E-state index contributed by atoms with van der Waals surface area (Å²) < 4.78 is 16.9. The molecule has 134 valence electrons. The zero-order valence-corrected chi connectivity index (χ0v) is 15.1. The van der Waals surface area contributed by atoms with E-state index in [0.29, 0.717) is 25.4 Å². The molecule has 1 saturated carbocycles. The van der Waals surface area contributed by atoms with E-state index < -0.39 is 0 Å². The van der Waals surface area contributed by atoms with Crippen LogP contribution in [0.15, 0.2) is 34.1 Å². The fourth-order valence-corrected chi connectivity index (χ4v) is 4.68. The van der Waals surface area contributed by atoms with E-state index >= 15 is 0 Å². The van der Waals surface area contributed by atoms with Crippen molar-refractivity contribution in [3.63, 3.8) is 0 Å². The Labute approximate surface area is 151 Å². The van der Waals surface area contributed by atoms with Gasteiger partial charge in [0.25, 0.3) is 0 Å². The predicted molar refractivity (Wildman–Crippen MR) is 95.5 cm³/mol. The summed E-state index contributed by atoms with van der Waals surface area (Å²) in [5.74, 6) is 2.51. The molecule has 1 amide bonds. The van der Waals surface area contributed by atoms with Crippen LogP contribution in [-0.4, -0.2) is 38.4 Å². The third-order valence-corrected chi connectivity index (χ3v) is 6.12. The second-order valence-electron chi connectivity index (χ2n) is 6.74. The van der Waals surface area contributed by atoms with Gasteiger partial charge < -0.3 is 19.2 Å². The van der Waals surface area contributed by atoms with Crippen molar-refractivity contribution in [3.8, 4) is 10.6 Å². The first-order chi connectivity index (χ1) is 12.3. The van der Waals surface area contributed by atoms with Crippen LogP contribution in [0.5, 0.6) is 0 Å². The third-order valence-electron chi connectivity index (χ3n) is 5.24. The molecule has 0 unspecified atom stereocenters. The maximum atomic E-state index is 12.4. The Hall–Kier alpha value is -1.63. The van der Waals surface area contributed by atoms with Crippen molar-refractivity contribution in [2.24, 2.45) is 11.8 Å². The standard InChI is InChI=1S/C19H23NO4S/c1-22-11-14-18(13-8-9-23-19(13)14)20-17(21)7-5-12-4-6-15(24-12)16-3-2-10-25-16/h2-4,6,10,13-14,18-19H,5,7-9,11H2,1H3,(H,20,21)/t13-,14-,18-,19-/m0/s1. The van der Waals surface area contributed by atoms with Crippen LogP contribution in [0.3, 0.4) is 0 Å². The number of ether oxygens (including phenoxy) is 2. The van der Waals surface area contributed by atoms with E-state index in [4.69, 9.17) is 13.9 Å². The molecule has 3 heterocycles. The molecule has 1 aliphatic heterocycles. The first-order valence-electron chi connectivity index (χ1n) is 8.79. The fourth-order valence-electron chi connectivity index (χ4n) is 3.99. The number of hydrogen-bond donors (Lipinski definition) is 1. The van der Waals surface area contributed by atoms with Gasteiger partial charge in [-0.2, -0.15) is 0 Å². The molecule has 2 aromatic heterocycles. The Morgan fingerprint density at radius 3 is 3.12 bits per heavy atom. The zero-order valence-electron chi connectivity index (χ0n) is 14.3. The number of amides is 1. The summed E-state index contributed by atoms with van der Waals surface area (Å²) in [4.78, 5) is 13.5. The summed E-state index contributed by atoms with van der Waals surface area (Å²) in [5.41, 5.74) is 0. The van der Waals surface area contributed by atoms with Crippen LogP contribution in [-0.2, 0) is 20.7 Å². The van der Waals surface area contributed by atoms with Crippen LogP contribution in [0.25, 0.3) is 10.6 Å². The Morgan fingerprint density at radius 1 is 1.40 bits per heavy atom. The van der Waals surface area contributed by atoms with Crippen LogP contribution in [0.4, 0.5) is 0 Å². The molecule has 2 fully saturated rings. The average molecular weight is 361 g/mol. The second-order valence-corrected chi connectivity index (χ2v) is 7.69. The number of hydrogen-bond acceptors (Lipinski definition) is 5. The average Bonchev–Trinajstić information content (AvgIpc) is 3.36. The molecule has 1 saturated heterocycles. The number of carbonyl (C=O) groups is 1. The van der Waals surface area contributed by atoms with Gasteiger partial charge in [-0.3, -0.25) is 4.79 Å². The molecule has 6 heteroatoms. The van der Waals surface area contributed by atoms with E-state index in [0.717, 1.165) is 29.4 Å².